The first-order valence-corrected chi connectivity index (χ1v) is 4.72. The molecule has 1 aliphatic rings. The first-order valence-electron chi connectivity index (χ1n) is 4.72. The van der Waals surface area contributed by atoms with Gasteiger partial charge in [0, 0.05) is 12.1 Å². The Balaban J connectivity index is 3.41. The van der Waals surface area contributed by atoms with Crippen molar-refractivity contribution in [2.75, 3.05) is 6.54 Å². The molecule has 0 fully saturated rings. The molecule has 0 saturated carbocycles. The van der Waals surface area contributed by atoms with Crippen molar-refractivity contribution in [1.29, 1.82) is 5.26 Å². The standard InChI is InChI=1S/C11H12N2O2/c1-4-8-7(3)9(6-12)11(15)13(5-2)10(8)14/h4H,5H2,1-3H3/b8-4+. The van der Waals surface area contributed by atoms with Gasteiger partial charge in [0.25, 0.3) is 11.8 Å². The Kier molecular flexibility index (Phi) is 3.05. The fourth-order valence-electron chi connectivity index (χ4n) is 1.59. The van der Waals surface area contributed by atoms with E-state index in [1.54, 1.807) is 26.8 Å². The van der Waals surface area contributed by atoms with Crippen LogP contribution in [0.4, 0.5) is 0 Å². The molecule has 1 rings (SSSR count). The number of imide groups is 1. The monoisotopic (exact) mass is 204 g/mol. The highest BCUT2D eigenvalue weighted by Gasteiger charge is 2.33. The molecule has 0 atom stereocenters. The molecule has 78 valence electrons. The van der Waals surface area contributed by atoms with E-state index in [0.29, 0.717) is 11.1 Å². The minimum atomic E-state index is -0.492. The lowest BCUT2D eigenvalue weighted by Crippen LogP contribution is -2.42. The molecule has 0 saturated heterocycles. The summed E-state index contributed by atoms with van der Waals surface area (Å²) in [7, 11) is 0. The Morgan fingerprint density at radius 1 is 1.40 bits per heavy atom. The topological polar surface area (TPSA) is 61.2 Å². The normalized spacial score (nSPS) is 19.9. The summed E-state index contributed by atoms with van der Waals surface area (Å²) in [4.78, 5) is 24.5. The van der Waals surface area contributed by atoms with Gasteiger partial charge >= 0.3 is 0 Å². The highest BCUT2D eigenvalue weighted by Crippen LogP contribution is 2.24. The summed E-state index contributed by atoms with van der Waals surface area (Å²) >= 11 is 0. The van der Waals surface area contributed by atoms with Crippen LogP contribution in [0.3, 0.4) is 0 Å². The van der Waals surface area contributed by atoms with Gasteiger partial charge in [-0.15, -0.1) is 0 Å². The fraction of sp³-hybridized carbons (Fsp3) is 0.364. The molecule has 1 aliphatic heterocycles. The van der Waals surface area contributed by atoms with Crippen LogP contribution >= 0.6 is 0 Å². The Hall–Kier alpha value is -1.89. The van der Waals surface area contributed by atoms with Crippen LogP contribution in [0.15, 0.2) is 22.8 Å². The summed E-state index contributed by atoms with van der Waals surface area (Å²) in [6.07, 6.45) is 1.63. The molecule has 15 heavy (non-hydrogen) atoms. The van der Waals surface area contributed by atoms with Crippen molar-refractivity contribution in [2.24, 2.45) is 0 Å². The molecule has 0 unspecified atom stereocenters. The summed E-state index contributed by atoms with van der Waals surface area (Å²) < 4.78 is 0. The zero-order chi connectivity index (χ0) is 11.6. The van der Waals surface area contributed by atoms with Crippen molar-refractivity contribution in [3.05, 3.63) is 22.8 Å². The van der Waals surface area contributed by atoms with Gasteiger partial charge in [-0.3, -0.25) is 14.5 Å². The number of amides is 2. The Morgan fingerprint density at radius 3 is 2.40 bits per heavy atom. The number of hydrogen-bond donors (Lipinski definition) is 0. The van der Waals surface area contributed by atoms with E-state index in [4.69, 9.17) is 5.26 Å². The lowest BCUT2D eigenvalue weighted by Gasteiger charge is -2.25. The molecule has 2 amide bonds. The van der Waals surface area contributed by atoms with Crippen LogP contribution in [0.2, 0.25) is 0 Å². The first-order chi connectivity index (χ1) is 7.08. The van der Waals surface area contributed by atoms with Gasteiger partial charge in [-0.2, -0.15) is 5.26 Å². The van der Waals surface area contributed by atoms with E-state index in [2.05, 4.69) is 0 Å². The average molecular weight is 204 g/mol. The third-order valence-corrected chi connectivity index (χ3v) is 2.43. The van der Waals surface area contributed by atoms with Crippen LogP contribution in [-0.2, 0) is 9.59 Å². The van der Waals surface area contributed by atoms with Crippen molar-refractivity contribution < 1.29 is 9.59 Å². The molecule has 1 heterocycles. The van der Waals surface area contributed by atoms with E-state index in [9.17, 15) is 9.59 Å². The molecule has 0 aromatic rings. The second kappa shape index (κ2) is 4.09. The highest BCUT2D eigenvalue weighted by molar-refractivity contribution is 6.17. The maximum absolute atomic E-state index is 11.8. The van der Waals surface area contributed by atoms with Gasteiger partial charge in [-0.05, 0) is 26.3 Å². The maximum atomic E-state index is 11.8. The number of carbonyl (C=O) groups excluding carboxylic acids is 2. The van der Waals surface area contributed by atoms with Crippen molar-refractivity contribution in [3.8, 4) is 6.07 Å². The zero-order valence-electron chi connectivity index (χ0n) is 9.00. The lowest BCUT2D eigenvalue weighted by molar-refractivity contribution is -0.140. The number of nitrogens with zero attached hydrogens (tertiary/aromatic N) is 2. The van der Waals surface area contributed by atoms with E-state index in [0.717, 1.165) is 4.90 Å². The Bertz CT molecular complexity index is 424. The van der Waals surface area contributed by atoms with Crippen LogP contribution < -0.4 is 0 Å². The molecular formula is C11H12N2O2. The quantitative estimate of drug-likeness (QED) is 0.475. The molecule has 0 spiro atoms. The maximum Gasteiger partial charge on any atom is 0.271 e. The second-order valence-electron chi connectivity index (χ2n) is 3.17. The fourth-order valence-corrected chi connectivity index (χ4v) is 1.59. The molecule has 0 aromatic heterocycles. The minimum absolute atomic E-state index is 0.0598. The van der Waals surface area contributed by atoms with Gasteiger partial charge in [0.15, 0.2) is 0 Å². The zero-order valence-corrected chi connectivity index (χ0v) is 9.00. The van der Waals surface area contributed by atoms with Crippen LogP contribution in [0.1, 0.15) is 20.8 Å². The molecule has 4 heteroatoms. The third-order valence-electron chi connectivity index (χ3n) is 2.43. The molecule has 4 nitrogen and oxygen atoms in total. The van der Waals surface area contributed by atoms with Crippen molar-refractivity contribution in [1.82, 2.24) is 4.90 Å². The van der Waals surface area contributed by atoms with Crippen LogP contribution in [0, 0.1) is 11.3 Å². The Labute approximate surface area is 88.5 Å². The van der Waals surface area contributed by atoms with Crippen LogP contribution in [-0.4, -0.2) is 23.3 Å². The average Bonchev–Trinajstić information content (AvgIpc) is 2.19. The third kappa shape index (κ3) is 1.57. The minimum Gasteiger partial charge on any atom is -0.274 e. The van der Waals surface area contributed by atoms with Gasteiger partial charge in [-0.25, -0.2) is 0 Å². The molecule has 0 bridgehead atoms. The van der Waals surface area contributed by atoms with Crippen molar-refractivity contribution >= 4 is 11.8 Å². The van der Waals surface area contributed by atoms with Gasteiger partial charge in [0.1, 0.15) is 11.6 Å². The van der Waals surface area contributed by atoms with Crippen molar-refractivity contribution in [3.63, 3.8) is 0 Å². The van der Waals surface area contributed by atoms with E-state index in [1.165, 1.54) is 0 Å². The van der Waals surface area contributed by atoms with E-state index >= 15 is 0 Å². The lowest BCUT2D eigenvalue weighted by atomic mass is 9.95. The van der Waals surface area contributed by atoms with E-state index in [-0.39, 0.29) is 18.0 Å². The summed E-state index contributed by atoms with van der Waals surface area (Å²) in [6, 6.07) is 1.85. The van der Waals surface area contributed by atoms with Gasteiger partial charge in [-0.1, -0.05) is 6.08 Å². The largest absolute Gasteiger partial charge is 0.274 e. The van der Waals surface area contributed by atoms with Crippen LogP contribution in [0.5, 0.6) is 0 Å². The van der Waals surface area contributed by atoms with Gasteiger partial charge < -0.3 is 0 Å². The summed E-state index contributed by atoms with van der Waals surface area (Å²) in [5.41, 5.74) is 0.970. The molecule has 0 aliphatic carbocycles. The number of likely N-dealkylation sites (N-methyl/N-ethyl adjacent to an activating group) is 1. The summed E-state index contributed by atoms with van der Waals surface area (Å²) in [5, 5.41) is 8.85. The number of hydrogen-bond acceptors (Lipinski definition) is 3. The van der Waals surface area contributed by atoms with Crippen molar-refractivity contribution in [2.45, 2.75) is 20.8 Å². The smallest absolute Gasteiger partial charge is 0.271 e. The Morgan fingerprint density at radius 2 is 2.00 bits per heavy atom. The van der Waals surface area contributed by atoms with Gasteiger partial charge in [0.2, 0.25) is 0 Å². The number of carbonyl (C=O) groups is 2. The summed E-state index contributed by atoms with van der Waals surface area (Å²) in [5.74, 6) is -0.811. The predicted octanol–water partition coefficient (Wildman–Crippen LogP) is 1.16. The van der Waals surface area contributed by atoms with E-state index in [1.807, 2.05) is 6.07 Å². The predicted molar refractivity (Wildman–Crippen MR) is 54.5 cm³/mol. The molecule has 0 aromatic carbocycles. The number of nitriles is 1. The van der Waals surface area contributed by atoms with Crippen LogP contribution in [0.25, 0.3) is 0 Å². The summed E-state index contributed by atoms with van der Waals surface area (Å²) in [6.45, 7) is 5.33. The molecule has 0 radical (unpaired) electrons. The first kappa shape index (κ1) is 11.2. The number of rotatable bonds is 1. The molecular weight excluding hydrogens is 192 g/mol. The van der Waals surface area contributed by atoms with Gasteiger partial charge in [0.05, 0.1) is 0 Å². The number of allylic oxidation sites excluding steroid dienone is 1. The van der Waals surface area contributed by atoms with E-state index < -0.39 is 5.91 Å². The molecule has 0 N–H and O–H groups in total. The second-order valence-corrected chi connectivity index (χ2v) is 3.17. The SMILES string of the molecule is C/C=C1/C(=O)N(CC)C(=O)C(C#N)=C1C. The highest BCUT2D eigenvalue weighted by atomic mass is 16.2.